The molecule has 1 amide bonds. The van der Waals surface area contributed by atoms with Gasteiger partial charge in [0.25, 0.3) is 5.91 Å². The summed E-state index contributed by atoms with van der Waals surface area (Å²) in [5.74, 6) is 2.47. The van der Waals surface area contributed by atoms with Crippen LogP contribution in [0.1, 0.15) is 42.5 Å². The number of rotatable bonds is 2. The van der Waals surface area contributed by atoms with Gasteiger partial charge in [0.15, 0.2) is 0 Å². The Balaban J connectivity index is 1.47. The molecule has 5 atom stereocenters. The number of carbonyl (C=O) groups excluding carboxylic acids is 1. The van der Waals surface area contributed by atoms with Gasteiger partial charge in [-0.2, -0.15) is 4.39 Å². The maximum atomic E-state index is 13.1. The maximum Gasteiger partial charge on any atom is 0.251 e. The fraction of sp³-hybridized carbons (Fsp3) is 0.625. The number of amides is 1. The molecule has 106 valence electrons. The zero-order chi connectivity index (χ0) is 13.7. The molecular weight excluding hydrogens is 255 g/mol. The van der Waals surface area contributed by atoms with Gasteiger partial charge in [0, 0.05) is 23.9 Å². The number of carbonyl (C=O) groups is 1. The van der Waals surface area contributed by atoms with Gasteiger partial charge >= 0.3 is 0 Å². The lowest BCUT2D eigenvalue weighted by molar-refractivity contribution is 0.0900. The first-order valence-electron chi connectivity index (χ1n) is 7.65. The fourth-order valence-corrected chi connectivity index (χ4v) is 5.03. The van der Waals surface area contributed by atoms with Crippen LogP contribution < -0.4 is 5.32 Å². The molecule has 4 rings (SSSR count). The number of aromatic nitrogens is 1. The van der Waals surface area contributed by atoms with Crippen molar-refractivity contribution in [1.82, 2.24) is 10.3 Å². The predicted molar refractivity (Wildman–Crippen MR) is 72.5 cm³/mol. The summed E-state index contributed by atoms with van der Waals surface area (Å²) in [6.07, 6.45) is 7.83. The van der Waals surface area contributed by atoms with E-state index in [9.17, 15) is 9.18 Å². The molecule has 3 nitrogen and oxygen atoms in total. The number of nitrogens with zero attached hydrogens (tertiary/aromatic N) is 1. The summed E-state index contributed by atoms with van der Waals surface area (Å²) < 4.78 is 13.1. The van der Waals surface area contributed by atoms with Crippen LogP contribution in [0.3, 0.4) is 0 Å². The first-order chi connectivity index (χ1) is 9.72. The third kappa shape index (κ3) is 1.85. The Morgan fingerprint density at radius 2 is 2.10 bits per heavy atom. The maximum absolute atomic E-state index is 13.1. The van der Waals surface area contributed by atoms with Gasteiger partial charge in [-0.15, -0.1) is 0 Å². The Bertz CT molecular complexity index is 547. The molecule has 3 aliphatic carbocycles. The van der Waals surface area contributed by atoms with Crippen LogP contribution in [-0.2, 0) is 0 Å². The van der Waals surface area contributed by atoms with Crippen LogP contribution >= 0.6 is 0 Å². The van der Waals surface area contributed by atoms with E-state index < -0.39 is 5.95 Å². The van der Waals surface area contributed by atoms with Crippen molar-refractivity contribution in [2.75, 3.05) is 0 Å². The van der Waals surface area contributed by atoms with Crippen molar-refractivity contribution < 1.29 is 9.18 Å². The molecule has 4 heteroatoms. The summed E-state index contributed by atoms with van der Waals surface area (Å²) in [5.41, 5.74) is 0.378. The number of hydrogen-bond donors (Lipinski definition) is 1. The Morgan fingerprint density at radius 1 is 1.25 bits per heavy atom. The van der Waals surface area contributed by atoms with Crippen LogP contribution in [0, 0.1) is 29.6 Å². The van der Waals surface area contributed by atoms with E-state index in [0.717, 1.165) is 24.2 Å². The van der Waals surface area contributed by atoms with Gasteiger partial charge < -0.3 is 5.32 Å². The number of fused-ring (bicyclic) bond motifs is 5. The van der Waals surface area contributed by atoms with Crippen molar-refractivity contribution in [3.63, 3.8) is 0 Å². The molecule has 0 aliphatic heterocycles. The second-order valence-corrected chi connectivity index (χ2v) is 6.60. The van der Waals surface area contributed by atoms with Gasteiger partial charge in [0.05, 0.1) is 0 Å². The van der Waals surface area contributed by atoms with Crippen molar-refractivity contribution in [2.45, 2.75) is 38.1 Å². The van der Waals surface area contributed by atoms with Gasteiger partial charge in [0.2, 0.25) is 5.95 Å². The van der Waals surface area contributed by atoms with Crippen molar-refractivity contribution in [3.8, 4) is 0 Å². The smallest absolute Gasteiger partial charge is 0.251 e. The molecule has 3 saturated carbocycles. The van der Waals surface area contributed by atoms with E-state index in [0.29, 0.717) is 17.5 Å². The second-order valence-electron chi connectivity index (χ2n) is 6.60. The summed E-state index contributed by atoms with van der Waals surface area (Å²) in [6.45, 7) is 0. The van der Waals surface area contributed by atoms with E-state index in [1.54, 1.807) is 6.07 Å². The first kappa shape index (κ1) is 12.3. The fourth-order valence-electron chi connectivity index (χ4n) is 5.03. The molecule has 5 unspecified atom stereocenters. The molecule has 0 spiro atoms. The highest BCUT2D eigenvalue weighted by molar-refractivity contribution is 5.94. The normalized spacial score (nSPS) is 38.0. The second kappa shape index (κ2) is 4.54. The lowest BCUT2D eigenvalue weighted by atomic mass is 9.79. The summed E-state index contributed by atoms with van der Waals surface area (Å²) in [5, 5.41) is 3.13. The molecule has 0 saturated heterocycles. The van der Waals surface area contributed by atoms with Crippen LogP contribution in [0.2, 0.25) is 0 Å². The number of pyridine rings is 1. The summed E-state index contributed by atoms with van der Waals surface area (Å²) in [4.78, 5) is 15.7. The van der Waals surface area contributed by atoms with E-state index in [4.69, 9.17) is 0 Å². The number of hydrogen-bond acceptors (Lipinski definition) is 2. The summed E-state index contributed by atoms with van der Waals surface area (Å²) in [6, 6.07) is 3.08. The molecule has 1 aromatic heterocycles. The monoisotopic (exact) mass is 274 g/mol. The van der Waals surface area contributed by atoms with Crippen LogP contribution in [-0.4, -0.2) is 16.9 Å². The molecule has 1 heterocycles. The quantitative estimate of drug-likeness (QED) is 0.843. The number of nitrogens with one attached hydrogen (secondary N) is 1. The van der Waals surface area contributed by atoms with E-state index >= 15 is 0 Å². The van der Waals surface area contributed by atoms with Gasteiger partial charge in [-0.1, -0.05) is 6.42 Å². The molecule has 2 bridgehead atoms. The van der Waals surface area contributed by atoms with Gasteiger partial charge in [-0.25, -0.2) is 4.98 Å². The predicted octanol–water partition coefficient (Wildman–Crippen LogP) is 2.78. The van der Waals surface area contributed by atoms with Crippen LogP contribution in [0.5, 0.6) is 0 Å². The highest BCUT2D eigenvalue weighted by atomic mass is 19.1. The van der Waals surface area contributed by atoms with Gasteiger partial charge in [0.1, 0.15) is 0 Å². The van der Waals surface area contributed by atoms with E-state index in [-0.39, 0.29) is 5.91 Å². The van der Waals surface area contributed by atoms with Crippen LogP contribution in [0.15, 0.2) is 18.3 Å². The van der Waals surface area contributed by atoms with Gasteiger partial charge in [-0.05, 0) is 55.4 Å². The van der Waals surface area contributed by atoms with Crippen molar-refractivity contribution in [3.05, 3.63) is 29.8 Å². The standard InChI is InChI=1S/C16H19FN2O/c17-15-8-9(4-5-18-15)16(20)19-14-7-10-6-13(14)12-3-1-2-11(10)12/h4-5,8,10-14H,1-3,6-7H2,(H,19,20). The molecule has 3 aliphatic rings. The van der Waals surface area contributed by atoms with E-state index in [2.05, 4.69) is 10.3 Å². The highest BCUT2D eigenvalue weighted by Crippen LogP contribution is 2.58. The van der Waals surface area contributed by atoms with Crippen molar-refractivity contribution in [2.24, 2.45) is 23.7 Å². The molecule has 1 N–H and O–H groups in total. The molecule has 3 fully saturated rings. The summed E-state index contributed by atoms with van der Waals surface area (Å²) in [7, 11) is 0. The SMILES string of the molecule is O=C(NC1CC2CC1C1CCCC21)c1ccnc(F)c1. The lowest BCUT2D eigenvalue weighted by Crippen LogP contribution is -2.42. The van der Waals surface area contributed by atoms with Crippen LogP contribution in [0.4, 0.5) is 4.39 Å². The Morgan fingerprint density at radius 3 is 2.95 bits per heavy atom. The minimum absolute atomic E-state index is 0.154. The Labute approximate surface area is 118 Å². The van der Waals surface area contributed by atoms with E-state index in [1.807, 2.05) is 0 Å². The van der Waals surface area contributed by atoms with Crippen molar-refractivity contribution in [1.29, 1.82) is 0 Å². The topological polar surface area (TPSA) is 42.0 Å². The molecule has 20 heavy (non-hydrogen) atoms. The Hall–Kier alpha value is -1.45. The largest absolute Gasteiger partial charge is 0.349 e. The molecule has 0 aromatic carbocycles. The summed E-state index contributed by atoms with van der Waals surface area (Å²) >= 11 is 0. The van der Waals surface area contributed by atoms with Crippen molar-refractivity contribution >= 4 is 5.91 Å². The highest BCUT2D eigenvalue weighted by Gasteiger charge is 2.54. The Kier molecular flexibility index (Phi) is 2.79. The average Bonchev–Trinajstić information content (AvgIpc) is 3.10. The third-order valence-electron chi connectivity index (χ3n) is 5.73. The molecular formula is C16H19FN2O. The number of halogens is 1. The van der Waals surface area contributed by atoms with E-state index in [1.165, 1.54) is 37.9 Å². The van der Waals surface area contributed by atoms with Crippen LogP contribution in [0.25, 0.3) is 0 Å². The minimum atomic E-state index is -0.596. The van der Waals surface area contributed by atoms with Gasteiger partial charge in [-0.3, -0.25) is 4.79 Å². The molecule has 0 radical (unpaired) electrons. The zero-order valence-electron chi connectivity index (χ0n) is 11.4. The minimum Gasteiger partial charge on any atom is -0.349 e. The third-order valence-corrected chi connectivity index (χ3v) is 5.73. The lowest BCUT2D eigenvalue weighted by Gasteiger charge is -2.32. The molecule has 1 aromatic rings. The average molecular weight is 274 g/mol. The first-order valence-corrected chi connectivity index (χ1v) is 7.65. The zero-order valence-corrected chi connectivity index (χ0v) is 11.4.